The molecule has 8 heteroatoms. The zero-order valence-electron chi connectivity index (χ0n) is 12.6. The van der Waals surface area contributed by atoms with E-state index >= 15 is 0 Å². The van der Waals surface area contributed by atoms with E-state index in [4.69, 9.17) is 21.9 Å². The molecule has 3 N–H and O–H groups in total. The van der Waals surface area contributed by atoms with Crippen molar-refractivity contribution < 1.29 is 17.8 Å². The third kappa shape index (κ3) is 7.27. The van der Waals surface area contributed by atoms with Crippen LogP contribution in [-0.4, -0.2) is 18.9 Å². The van der Waals surface area contributed by atoms with Gasteiger partial charge in [-0.3, -0.25) is 9.35 Å². The van der Waals surface area contributed by atoms with Crippen LogP contribution < -0.4 is 5.73 Å². The minimum Gasteiger partial charge on any atom is -0.366 e. The van der Waals surface area contributed by atoms with Crippen LogP contribution in [0.2, 0.25) is 5.02 Å². The van der Waals surface area contributed by atoms with Gasteiger partial charge in [-0.05, 0) is 48.4 Å². The van der Waals surface area contributed by atoms with E-state index in [9.17, 15) is 13.2 Å². The molecule has 0 unspecified atom stereocenters. The summed E-state index contributed by atoms with van der Waals surface area (Å²) in [4.78, 5) is 10.7. The minimum atomic E-state index is -4.08. The predicted molar refractivity (Wildman–Crippen MR) is 99.4 cm³/mol. The lowest BCUT2D eigenvalue weighted by Crippen LogP contribution is -2.12. The summed E-state index contributed by atoms with van der Waals surface area (Å²) in [5.41, 5.74) is 7.13. The summed E-state index contributed by atoms with van der Waals surface area (Å²) in [6.45, 7) is 1.85. The molecule has 1 amide bonds. The summed E-state index contributed by atoms with van der Waals surface area (Å²) >= 11 is 9.02. The molecule has 0 saturated carbocycles. The summed E-state index contributed by atoms with van der Waals surface area (Å²) < 4.78 is 30.1. The molecule has 0 aliphatic carbocycles. The minimum absolute atomic E-state index is 0.380. The number of aryl methyl sites for hydroxylation is 1. The van der Waals surface area contributed by atoms with Gasteiger partial charge in [-0.15, -0.1) is 0 Å². The monoisotopic (exact) mass is 431 g/mol. The Hall–Kier alpha value is -1.67. The van der Waals surface area contributed by atoms with Crippen molar-refractivity contribution in [3.05, 3.63) is 74.1 Å². The molecular weight excluding hydrogens is 418 g/mol. The summed E-state index contributed by atoms with van der Waals surface area (Å²) in [6, 6.07) is 12.1. The van der Waals surface area contributed by atoms with E-state index in [-0.39, 0.29) is 5.91 Å². The summed E-state index contributed by atoms with van der Waals surface area (Å²) in [7, 11) is -4.08. The van der Waals surface area contributed by atoms with Crippen LogP contribution in [0.4, 0.5) is 0 Å². The van der Waals surface area contributed by atoms with E-state index in [0.717, 1.165) is 10.0 Å². The van der Waals surface area contributed by atoms with Gasteiger partial charge in [-0.2, -0.15) is 8.42 Å². The molecule has 24 heavy (non-hydrogen) atoms. The van der Waals surface area contributed by atoms with Crippen LogP contribution in [0.3, 0.4) is 0 Å². The van der Waals surface area contributed by atoms with Crippen LogP contribution in [0.1, 0.15) is 21.5 Å². The Morgan fingerprint density at radius 2 is 1.88 bits per heavy atom. The van der Waals surface area contributed by atoms with Crippen LogP contribution >= 0.6 is 27.5 Å². The Kier molecular flexibility index (Phi) is 7.62. The predicted octanol–water partition coefficient (Wildman–Crippen LogP) is 4.05. The molecule has 0 aliphatic rings. The molecule has 2 aromatic carbocycles. The maximum atomic E-state index is 10.7. The Balaban J connectivity index is 0.000000243. The molecule has 2 aromatic rings. The first-order chi connectivity index (χ1) is 11.1. The van der Waals surface area contributed by atoms with Gasteiger partial charge in [0, 0.05) is 15.1 Å². The first kappa shape index (κ1) is 20.4. The Bertz CT molecular complexity index is 866. The number of carbonyl (C=O) groups excluding carboxylic acids is 1. The standard InChI is InChI=1S/C8H8BrNO.C8H7ClO3S/c1-5-4-6(9)2-3-7(5)8(10)11;9-8-4-2-1-3-7(8)5-6-13(10,11)12/h2-4H,1H3,(H2,10,11);1-6H,(H,10,11,12). The molecule has 0 atom stereocenters. The lowest BCUT2D eigenvalue weighted by molar-refractivity contribution is 0.0999. The van der Waals surface area contributed by atoms with Crippen molar-refractivity contribution in [2.45, 2.75) is 6.92 Å². The van der Waals surface area contributed by atoms with E-state index < -0.39 is 10.1 Å². The van der Waals surface area contributed by atoms with Crippen LogP contribution in [0.25, 0.3) is 6.08 Å². The van der Waals surface area contributed by atoms with Crippen LogP contribution in [0.5, 0.6) is 0 Å². The van der Waals surface area contributed by atoms with Crippen molar-refractivity contribution in [1.82, 2.24) is 0 Å². The first-order valence-electron chi connectivity index (χ1n) is 6.56. The second-order valence-corrected chi connectivity index (χ2v) is 7.29. The molecule has 0 saturated heterocycles. The van der Waals surface area contributed by atoms with Crippen molar-refractivity contribution in [2.75, 3.05) is 0 Å². The SMILES string of the molecule is Cc1cc(Br)ccc1C(N)=O.O=S(=O)(O)C=Cc1ccccc1Cl. The van der Waals surface area contributed by atoms with Crippen molar-refractivity contribution in [2.24, 2.45) is 5.73 Å². The topological polar surface area (TPSA) is 97.5 Å². The van der Waals surface area contributed by atoms with Crippen LogP contribution in [0, 0.1) is 6.92 Å². The molecule has 0 bridgehead atoms. The highest BCUT2D eigenvalue weighted by atomic mass is 79.9. The average Bonchev–Trinajstić information content (AvgIpc) is 2.45. The van der Waals surface area contributed by atoms with Gasteiger partial charge < -0.3 is 5.73 Å². The van der Waals surface area contributed by atoms with Gasteiger partial charge in [0.2, 0.25) is 5.91 Å². The molecular formula is C16H15BrClNO4S. The van der Waals surface area contributed by atoms with Crippen molar-refractivity contribution in [1.29, 1.82) is 0 Å². The largest absolute Gasteiger partial charge is 0.366 e. The summed E-state index contributed by atoms with van der Waals surface area (Å²) in [5, 5.41) is 1.12. The number of halogens is 2. The van der Waals surface area contributed by atoms with E-state index in [1.807, 2.05) is 13.0 Å². The highest BCUT2D eigenvalue weighted by molar-refractivity contribution is 9.10. The highest BCUT2D eigenvalue weighted by Crippen LogP contribution is 2.16. The molecule has 0 radical (unpaired) electrons. The van der Waals surface area contributed by atoms with E-state index in [1.54, 1.807) is 36.4 Å². The Morgan fingerprint density at radius 3 is 2.38 bits per heavy atom. The van der Waals surface area contributed by atoms with Gasteiger partial charge in [0.15, 0.2) is 0 Å². The van der Waals surface area contributed by atoms with Crippen LogP contribution in [-0.2, 0) is 10.1 Å². The fourth-order valence-electron chi connectivity index (χ4n) is 1.67. The summed E-state index contributed by atoms with van der Waals surface area (Å²) in [5.74, 6) is -0.380. The molecule has 0 fully saturated rings. The van der Waals surface area contributed by atoms with Gasteiger partial charge in [-0.25, -0.2) is 0 Å². The van der Waals surface area contributed by atoms with E-state index in [1.165, 1.54) is 6.08 Å². The molecule has 0 aliphatic heterocycles. The van der Waals surface area contributed by atoms with Gasteiger partial charge >= 0.3 is 0 Å². The number of hydrogen-bond acceptors (Lipinski definition) is 3. The van der Waals surface area contributed by atoms with E-state index in [0.29, 0.717) is 21.6 Å². The smallest absolute Gasteiger partial charge is 0.287 e. The summed E-state index contributed by atoms with van der Waals surface area (Å²) in [6.07, 6.45) is 1.23. The zero-order valence-corrected chi connectivity index (χ0v) is 15.8. The van der Waals surface area contributed by atoms with Crippen molar-refractivity contribution in [3.63, 3.8) is 0 Å². The third-order valence-corrected chi connectivity index (χ3v) is 4.10. The fraction of sp³-hybridized carbons (Fsp3) is 0.0625. The Morgan fingerprint density at radius 1 is 1.25 bits per heavy atom. The highest BCUT2D eigenvalue weighted by Gasteiger charge is 2.03. The number of nitrogens with two attached hydrogens (primary N) is 1. The number of carbonyl (C=O) groups is 1. The van der Waals surface area contributed by atoms with Crippen molar-refractivity contribution >= 4 is 49.6 Å². The second kappa shape index (κ2) is 8.98. The van der Waals surface area contributed by atoms with Crippen molar-refractivity contribution in [3.8, 4) is 0 Å². The van der Waals surface area contributed by atoms with E-state index in [2.05, 4.69) is 15.9 Å². The zero-order chi connectivity index (χ0) is 18.3. The quantitative estimate of drug-likeness (QED) is 0.715. The van der Waals surface area contributed by atoms with Gasteiger partial charge in [0.1, 0.15) is 0 Å². The maximum Gasteiger partial charge on any atom is 0.287 e. The van der Waals surface area contributed by atoms with Gasteiger partial charge in [-0.1, -0.05) is 45.7 Å². The molecule has 5 nitrogen and oxygen atoms in total. The number of amides is 1. The second-order valence-electron chi connectivity index (χ2n) is 4.66. The third-order valence-electron chi connectivity index (χ3n) is 2.78. The molecule has 0 aromatic heterocycles. The fourth-order valence-corrected chi connectivity index (χ4v) is 2.67. The number of rotatable bonds is 3. The molecule has 0 heterocycles. The van der Waals surface area contributed by atoms with Gasteiger partial charge in [0.25, 0.3) is 10.1 Å². The van der Waals surface area contributed by atoms with Crippen LogP contribution in [0.15, 0.2) is 52.3 Å². The normalized spacial score (nSPS) is 11.0. The lowest BCUT2D eigenvalue weighted by atomic mass is 10.1. The average molecular weight is 433 g/mol. The molecule has 128 valence electrons. The number of benzene rings is 2. The Labute approximate surface area is 154 Å². The van der Waals surface area contributed by atoms with Gasteiger partial charge in [0.05, 0.1) is 5.41 Å². The molecule has 2 rings (SSSR count). The molecule has 0 spiro atoms. The lowest BCUT2D eigenvalue weighted by Gasteiger charge is -2.00. The number of hydrogen-bond donors (Lipinski definition) is 2. The number of primary amides is 1. The first-order valence-corrected chi connectivity index (χ1v) is 9.23. The maximum absolute atomic E-state index is 10.7.